The van der Waals surface area contributed by atoms with Crippen LogP contribution in [0, 0.1) is 0 Å². The molecule has 1 aliphatic rings. The predicted molar refractivity (Wildman–Crippen MR) is 57.4 cm³/mol. The number of carbonyl (C=O) groups is 1. The van der Waals surface area contributed by atoms with Crippen molar-refractivity contribution in [2.75, 3.05) is 6.54 Å². The van der Waals surface area contributed by atoms with Gasteiger partial charge in [-0.05, 0) is 31.5 Å². The monoisotopic (exact) mass is 210 g/mol. The van der Waals surface area contributed by atoms with Crippen LogP contribution in [0.1, 0.15) is 39.9 Å². The van der Waals surface area contributed by atoms with Crippen LogP contribution in [-0.4, -0.2) is 12.5 Å². The summed E-state index contributed by atoms with van der Waals surface area (Å²) < 4.78 is 0. The fourth-order valence-electron chi connectivity index (χ4n) is 1.77. The quantitative estimate of drug-likeness (QED) is 0.780. The van der Waals surface area contributed by atoms with Crippen molar-refractivity contribution in [3.8, 4) is 0 Å². The zero-order valence-corrected chi connectivity index (χ0v) is 8.77. The standard InChI is InChI=1S/C10H14N2OS/c11-10(13)9-5-4-8(14-9)7-3-1-2-6-12-7/h4-5,7,12H,1-3,6H2,(H2,11,13)/t7-/m0/s1. The molecule has 2 rings (SSSR count). The lowest BCUT2D eigenvalue weighted by Gasteiger charge is -2.22. The van der Waals surface area contributed by atoms with Crippen LogP contribution < -0.4 is 11.1 Å². The Morgan fingerprint density at radius 1 is 1.50 bits per heavy atom. The number of hydrogen-bond donors (Lipinski definition) is 2. The summed E-state index contributed by atoms with van der Waals surface area (Å²) >= 11 is 1.51. The van der Waals surface area contributed by atoms with Crippen LogP contribution in [0.3, 0.4) is 0 Å². The molecule has 0 bridgehead atoms. The molecule has 2 heterocycles. The molecule has 76 valence electrons. The Balaban J connectivity index is 2.11. The molecule has 14 heavy (non-hydrogen) atoms. The Labute approximate surface area is 87.3 Å². The fourth-order valence-corrected chi connectivity index (χ4v) is 2.74. The minimum absolute atomic E-state index is 0.322. The molecule has 1 fully saturated rings. The number of rotatable bonds is 2. The Kier molecular flexibility index (Phi) is 2.84. The molecule has 0 radical (unpaired) electrons. The van der Waals surface area contributed by atoms with Crippen LogP contribution in [0.2, 0.25) is 0 Å². The highest BCUT2D eigenvalue weighted by atomic mass is 32.1. The number of nitrogens with two attached hydrogens (primary N) is 1. The van der Waals surface area contributed by atoms with Gasteiger partial charge >= 0.3 is 0 Å². The van der Waals surface area contributed by atoms with Crippen molar-refractivity contribution in [3.63, 3.8) is 0 Å². The molecule has 3 nitrogen and oxygen atoms in total. The van der Waals surface area contributed by atoms with E-state index in [4.69, 9.17) is 5.73 Å². The Hall–Kier alpha value is -0.870. The first-order valence-electron chi connectivity index (χ1n) is 4.90. The van der Waals surface area contributed by atoms with Crippen molar-refractivity contribution < 1.29 is 4.79 Å². The van der Waals surface area contributed by atoms with Gasteiger partial charge in [0.25, 0.3) is 5.91 Å². The second-order valence-electron chi connectivity index (χ2n) is 3.57. The third kappa shape index (κ3) is 1.96. The summed E-state index contributed by atoms with van der Waals surface area (Å²) in [6.45, 7) is 1.08. The first-order valence-corrected chi connectivity index (χ1v) is 5.72. The SMILES string of the molecule is NC(=O)c1ccc([C@@H]2CCCCN2)s1. The molecule has 1 saturated heterocycles. The fraction of sp³-hybridized carbons (Fsp3) is 0.500. The van der Waals surface area contributed by atoms with Crippen molar-refractivity contribution in [3.05, 3.63) is 21.9 Å². The van der Waals surface area contributed by atoms with Gasteiger partial charge in [-0.1, -0.05) is 6.42 Å². The summed E-state index contributed by atoms with van der Waals surface area (Å²) in [5, 5.41) is 3.45. The van der Waals surface area contributed by atoms with Gasteiger partial charge in [0.05, 0.1) is 4.88 Å². The first-order chi connectivity index (χ1) is 6.77. The maximum absolute atomic E-state index is 10.9. The predicted octanol–water partition coefficient (Wildman–Crippen LogP) is 1.66. The molecule has 4 heteroatoms. The second kappa shape index (κ2) is 4.11. The van der Waals surface area contributed by atoms with Crippen molar-refractivity contribution >= 4 is 17.2 Å². The van der Waals surface area contributed by atoms with Crippen molar-refractivity contribution in [2.24, 2.45) is 5.73 Å². The molecule has 3 N–H and O–H groups in total. The van der Waals surface area contributed by atoms with Gasteiger partial charge < -0.3 is 11.1 Å². The smallest absolute Gasteiger partial charge is 0.258 e. The van der Waals surface area contributed by atoms with Gasteiger partial charge in [-0.15, -0.1) is 11.3 Å². The molecule has 0 aromatic carbocycles. The summed E-state index contributed by atoms with van der Waals surface area (Å²) in [7, 11) is 0. The van der Waals surface area contributed by atoms with Crippen molar-refractivity contribution in [1.82, 2.24) is 5.32 Å². The van der Waals surface area contributed by atoms with Crippen LogP contribution in [0.5, 0.6) is 0 Å². The van der Waals surface area contributed by atoms with Crippen LogP contribution in [0.25, 0.3) is 0 Å². The highest BCUT2D eigenvalue weighted by Crippen LogP contribution is 2.28. The number of thiophene rings is 1. The van der Waals surface area contributed by atoms with E-state index in [1.165, 1.54) is 35.5 Å². The molecule has 1 aromatic heterocycles. The molecule has 1 amide bonds. The molecular formula is C10H14N2OS. The van der Waals surface area contributed by atoms with E-state index < -0.39 is 0 Å². The van der Waals surface area contributed by atoms with E-state index in [9.17, 15) is 4.79 Å². The molecular weight excluding hydrogens is 196 g/mol. The Morgan fingerprint density at radius 2 is 2.36 bits per heavy atom. The van der Waals surface area contributed by atoms with E-state index in [0.29, 0.717) is 10.9 Å². The molecule has 0 aliphatic carbocycles. The minimum Gasteiger partial charge on any atom is -0.365 e. The molecule has 0 unspecified atom stereocenters. The van der Waals surface area contributed by atoms with Crippen molar-refractivity contribution in [2.45, 2.75) is 25.3 Å². The minimum atomic E-state index is -0.322. The van der Waals surface area contributed by atoms with E-state index in [1.807, 2.05) is 12.1 Å². The lowest BCUT2D eigenvalue weighted by molar-refractivity contribution is 0.100. The van der Waals surface area contributed by atoms with Gasteiger partial charge in [-0.3, -0.25) is 4.79 Å². The van der Waals surface area contributed by atoms with E-state index in [2.05, 4.69) is 5.32 Å². The highest BCUT2D eigenvalue weighted by Gasteiger charge is 2.17. The summed E-state index contributed by atoms with van der Waals surface area (Å²) in [6.07, 6.45) is 3.69. The third-order valence-corrected chi connectivity index (χ3v) is 3.74. The number of carbonyl (C=O) groups excluding carboxylic acids is 1. The maximum atomic E-state index is 10.9. The van der Waals surface area contributed by atoms with E-state index in [0.717, 1.165) is 6.54 Å². The Bertz CT molecular complexity index is 329. The van der Waals surface area contributed by atoms with Crippen LogP contribution in [-0.2, 0) is 0 Å². The zero-order valence-electron chi connectivity index (χ0n) is 7.95. The average molecular weight is 210 g/mol. The van der Waals surface area contributed by atoms with Crippen LogP contribution in [0.4, 0.5) is 0 Å². The summed E-state index contributed by atoms with van der Waals surface area (Å²) in [4.78, 5) is 12.8. The second-order valence-corrected chi connectivity index (χ2v) is 4.68. The normalized spacial score (nSPS) is 22.1. The lowest BCUT2D eigenvalue weighted by atomic mass is 10.0. The first kappa shape index (κ1) is 9.68. The van der Waals surface area contributed by atoms with Crippen molar-refractivity contribution in [1.29, 1.82) is 0 Å². The van der Waals surface area contributed by atoms with Crippen LogP contribution >= 0.6 is 11.3 Å². The van der Waals surface area contributed by atoms with Gasteiger partial charge in [0.1, 0.15) is 0 Å². The van der Waals surface area contributed by atoms with Crippen LogP contribution in [0.15, 0.2) is 12.1 Å². The molecule has 1 aromatic rings. The molecule has 0 saturated carbocycles. The van der Waals surface area contributed by atoms with Gasteiger partial charge in [-0.25, -0.2) is 0 Å². The lowest BCUT2D eigenvalue weighted by Crippen LogP contribution is -2.25. The number of nitrogens with one attached hydrogen (secondary N) is 1. The largest absolute Gasteiger partial charge is 0.365 e. The zero-order chi connectivity index (χ0) is 9.97. The average Bonchev–Trinajstić information content (AvgIpc) is 2.68. The van der Waals surface area contributed by atoms with E-state index in [1.54, 1.807) is 0 Å². The maximum Gasteiger partial charge on any atom is 0.258 e. The Morgan fingerprint density at radius 3 is 2.93 bits per heavy atom. The topological polar surface area (TPSA) is 55.1 Å². The summed E-state index contributed by atoms with van der Waals surface area (Å²) in [6, 6.07) is 4.26. The molecule has 1 atom stereocenters. The number of primary amides is 1. The molecule has 1 aliphatic heterocycles. The molecule has 0 spiro atoms. The number of amides is 1. The van der Waals surface area contributed by atoms with E-state index in [-0.39, 0.29) is 5.91 Å². The summed E-state index contributed by atoms with van der Waals surface area (Å²) in [5.41, 5.74) is 5.21. The summed E-state index contributed by atoms with van der Waals surface area (Å²) in [5.74, 6) is -0.322. The van der Waals surface area contributed by atoms with E-state index >= 15 is 0 Å². The van der Waals surface area contributed by atoms with Gasteiger partial charge in [0, 0.05) is 10.9 Å². The van der Waals surface area contributed by atoms with Gasteiger partial charge in [-0.2, -0.15) is 0 Å². The number of piperidine rings is 1. The number of hydrogen-bond acceptors (Lipinski definition) is 3. The highest BCUT2D eigenvalue weighted by molar-refractivity contribution is 7.14. The van der Waals surface area contributed by atoms with Gasteiger partial charge in [0.15, 0.2) is 0 Å². The van der Waals surface area contributed by atoms with Gasteiger partial charge in [0.2, 0.25) is 0 Å². The third-order valence-electron chi connectivity index (χ3n) is 2.52.